The van der Waals surface area contributed by atoms with E-state index in [0.717, 1.165) is 4.90 Å². The number of hydrogen-bond donors (Lipinski definition) is 4. The van der Waals surface area contributed by atoms with Crippen LogP contribution in [-0.2, 0) is 14.4 Å². The summed E-state index contributed by atoms with van der Waals surface area (Å²) in [6.07, 6.45) is 1.84. The van der Waals surface area contributed by atoms with Gasteiger partial charge in [0.05, 0.1) is 12.6 Å². The molecule has 7 N–H and O–H groups in total. The molecule has 0 saturated heterocycles. The maximum absolute atomic E-state index is 12.4. The fourth-order valence-electron chi connectivity index (χ4n) is 2.12. The van der Waals surface area contributed by atoms with E-state index in [9.17, 15) is 19.5 Å². The predicted molar refractivity (Wildman–Crippen MR) is 82.7 cm³/mol. The lowest BCUT2D eigenvalue weighted by atomic mass is 10.0. The summed E-state index contributed by atoms with van der Waals surface area (Å²) in [7, 11) is 0. The summed E-state index contributed by atoms with van der Waals surface area (Å²) < 4.78 is 0. The fraction of sp³-hybridized carbons (Fsp3) is 0.786. The highest BCUT2D eigenvalue weighted by molar-refractivity contribution is 6.01. The Morgan fingerprint density at radius 3 is 2.14 bits per heavy atom. The first-order valence-corrected chi connectivity index (χ1v) is 7.50. The van der Waals surface area contributed by atoms with Crippen LogP contribution in [0.3, 0.4) is 0 Å². The van der Waals surface area contributed by atoms with E-state index in [-0.39, 0.29) is 12.3 Å². The van der Waals surface area contributed by atoms with E-state index in [0.29, 0.717) is 25.8 Å². The van der Waals surface area contributed by atoms with Crippen molar-refractivity contribution >= 4 is 17.8 Å². The number of nitrogens with two attached hydrogens (primary N) is 3. The maximum atomic E-state index is 12.4. The lowest BCUT2D eigenvalue weighted by Gasteiger charge is -2.30. The predicted octanol–water partition coefficient (Wildman–Crippen LogP) is -0.744. The van der Waals surface area contributed by atoms with Crippen LogP contribution in [0.15, 0.2) is 0 Å². The minimum atomic E-state index is -1.25. The van der Waals surface area contributed by atoms with Crippen LogP contribution in [0.4, 0.5) is 0 Å². The first kappa shape index (κ1) is 20.5. The van der Waals surface area contributed by atoms with Crippen molar-refractivity contribution in [1.82, 2.24) is 4.90 Å². The molecule has 0 fully saturated rings. The van der Waals surface area contributed by atoms with Crippen molar-refractivity contribution in [1.29, 1.82) is 0 Å². The number of carbonyl (C=O) groups is 3. The van der Waals surface area contributed by atoms with Gasteiger partial charge in [-0.15, -0.1) is 0 Å². The lowest BCUT2D eigenvalue weighted by Crippen LogP contribution is -2.56. The molecule has 22 heavy (non-hydrogen) atoms. The second-order valence-electron chi connectivity index (χ2n) is 5.68. The Balaban J connectivity index is 5.19. The first-order valence-electron chi connectivity index (χ1n) is 7.50. The highest BCUT2D eigenvalue weighted by atomic mass is 16.4. The van der Waals surface area contributed by atoms with Crippen molar-refractivity contribution in [3.63, 3.8) is 0 Å². The Morgan fingerprint density at radius 2 is 1.73 bits per heavy atom. The van der Waals surface area contributed by atoms with Gasteiger partial charge in [-0.2, -0.15) is 0 Å². The minimum absolute atomic E-state index is 0.00422. The van der Waals surface area contributed by atoms with Gasteiger partial charge in [-0.1, -0.05) is 20.3 Å². The number of carboxylic acid groups (broad SMARTS) is 1. The number of hydrogen-bond acceptors (Lipinski definition) is 6. The number of carbonyl (C=O) groups excluding carboxylic acids is 2. The molecule has 0 saturated carbocycles. The molecule has 8 nitrogen and oxygen atoms in total. The molecule has 0 aromatic heterocycles. The van der Waals surface area contributed by atoms with Gasteiger partial charge in [0.15, 0.2) is 0 Å². The van der Waals surface area contributed by atoms with Crippen LogP contribution < -0.4 is 17.2 Å². The van der Waals surface area contributed by atoms with Crippen LogP contribution in [0.1, 0.15) is 39.5 Å². The van der Waals surface area contributed by atoms with E-state index >= 15 is 0 Å². The topological polar surface area (TPSA) is 153 Å². The summed E-state index contributed by atoms with van der Waals surface area (Å²) in [5, 5.41) is 9.34. The van der Waals surface area contributed by atoms with Gasteiger partial charge in [-0.3, -0.25) is 14.5 Å². The van der Waals surface area contributed by atoms with Gasteiger partial charge in [0.2, 0.25) is 11.8 Å². The Labute approximate surface area is 131 Å². The van der Waals surface area contributed by atoms with E-state index in [1.54, 1.807) is 0 Å². The molecule has 0 aromatic carbocycles. The third-order valence-electron chi connectivity index (χ3n) is 3.26. The molecular weight excluding hydrogens is 288 g/mol. The Bertz CT molecular complexity index is 387. The van der Waals surface area contributed by atoms with Crippen molar-refractivity contribution in [3.8, 4) is 0 Å². The normalized spacial score (nSPS) is 13.7. The molecule has 2 atom stereocenters. The number of aliphatic carboxylic acids is 1. The van der Waals surface area contributed by atoms with Crippen LogP contribution in [0, 0.1) is 5.92 Å². The molecule has 0 heterocycles. The molecule has 128 valence electrons. The molecule has 0 aliphatic heterocycles. The molecule has 0 aliphatic carbocycles. The van der Waals surface area contributed by atoms with E-state index in [1.807, 2.05) is 13.8 Å². The third-order valence-corrected chi connectivity index (χ3v) is 3.26. The summed E-state index contributed by atoms with van der Waals surface area (Å²) in [6.45, 7) is 3.67. The summed E-state index contributed by atoms with van der Waals surface area (Å²) in [6, 6.07) is -2.18. The first-order chi connectivity index (χ1) is 10.3. The molecule has 0 rings (SSSR count). The van der Waals surface area contributed by atoms with Crippen LogP contribution in [0.25, 0.3) is 0 Å². The maximum Gasteiger partial charge on any atom is 0.326 e. The van der Waals surface area contributed by atoms with Gasteiger partial charge in [0.1, 0.15) is 6.04 Å². The van der Waals surface area contributed by atoms with Crippen molar-refractivity contribution < 1.29 is 19.5 Å². The summed E-state index contributed by atoms with van der Waals surface area (Å²) in [4.78, 5) is 36.5. The van der Waals surface area contributed by atoms with Crippen LogP contribution in [-0.4, -0.2) is 53.0 Å². The van der Waals surface area contributed by atoms with Gasteiger partial charge in [-0.25, -0.2) is 4.79 Å². The minimum Gasteiger partial charge on any atom is -0.480 e. The molecular formula is C14H28N4O4. The Morgan fingerprint density at radius 1 is 1.14 bits per heavy atom. The van der Waals surface area contributed by atoms with Crippen LogP contribution in [0.5, 0.6) is 0 Å². The van der Waals surface area contributed by atoms with E-state index in [1.165, 1.54) is 0 Å². The molecule has 0 aromatic rings. The van der Waals surface area contributed by atoms with E-state index < -0.39 is 36.4 Å². The fourth-order valence-corrected chi connectivity index (χ4v) is 2.12. The van der Waals surface area contributed by atoms with E-state index in [2.05, 4.69) is 0 Å². The van der Waals surface area contributed by atoms with Crippen LogP contribution in [0.2, 0.25) is 0 Å². The van der Waals surface area contributed by atoms with E-state index in [4.69, 9.17) is 17.2 Å². The Hall–Kier alpha value is -1.51. The van der Waals surface area contributed by atoms with Gasteiger partial charge in [0, 0.05) is 0 Å². The average Bonchev–Trinajstić information content (AvgIpc) is 2.45. The van der Waals surface area contributed by atoms with Gasteiger partial charge >= 0.3 is 5.97 Å². The molecule has 8 heteroatoms. The summed E-state index contributed by atoms with van der Waals surface area (Å²) in [5.41, 5.74) is 16.5. The zero-order valence-electron chi connectivity index (χ0n) is 13.3. The van der Waals surface area contributed by atoms with Gasteiger partial charge < -0.3 is 22.3 Å². The summed E-state index contributed by atoms with van der Waals surface area (Å²) in [5.74, 6) is -2.67. The second-order valence-corrected chi connectivity index (χ2v) is 5.68. The molecule has 0 spiro atoms. The monoisotopic (exact) mass is 316 g/mol. The smallest absolute Gasteiger partial charge is 0.326 e. The lowest BCUT2D eigenvalue weighted by molar-refractivity contribution is -0.158. The van der Waals surface area contributed by atoms with Crippen molar-refractivity contribution in [3.05, 3.63) is 0 Å². The number of unbranched alkanes of at least 4 members (excludes halogenated alkanes) is 1. The number of nitrogens with zero attached hydrogens (tertiary/aromatic N) is 1. The highest BCUT2D eigenvalue weighted by Crippen LogP contribution is 2.15. The van der Waals surface area contributed by atoms with Crippen molar-refractivity contribution in [2.24, 2.45) is 23.1 Å². The molecule has 0 unspecified atom stereocenters. The highest BCUT2D eigenvalue weighted by Gasteiger charge is 2.36. The third kappa shape index (κ3) is 6.50. The zero-order chi connectivity index (χ0) is 17.3. The SMILES string of the molecule is CC(C)C[C@@H](C(=O)O)N(C(=O)CN)C(=O)[C@@H](N)CCCCN. The summed E-state index contributed by atoms with van der Waals surface area (Å²) >= 11 is 0. The molecule has 2 amide bonds. The number of carboxylic acids is 1. The van der Waals surface area contributed by atoms with Gasteiger partial charge in [0.25, 0.3) is 0 Å². The largest absolute Gasteiger partial charge is 0.480 e. The average molecular weight is 316 g/mol. The Kier molecular flexibility index (Phi) is 9.55. The van der Waals surface area contributed by atoms with Crippen LogP contribution >= 0.6 is 0 Å². The molecule has 0 radical (unpaired) electrons. The van der Waals surface area contributed by atoms with Crippen molar-refractivity contribution in [2.45, 2.75) is 51.6 Å². The van der Waals surface area contributed by atoms with Gasteiger partial charge in [-0.05, 0) is 31.7 Å². The number of rotatable bonds is 10. The quantitative estimate of drug-likeness (QED) is 0.387. The number of amides is 2. The van der Waals surface area contributed by atoms with Crippen molar-refractivity contribution in [2.75, 3.05) is 13.1 Å². The standard InChI is InChI=1S/C14H28N4O4/c1-9(2)7-11(14(21)22)18(12(19)8-16)13(20)10(17)5-3-4-6-15/h9-11H,3-8,15-17H2,1-2H3,(H,21,22)/t10-,11-/m0/s1. The second kappa shape index (κ2) is 10.3. The molecule has 0 aliphatic rings. The number of imide groups is 1. The molecule has 0 bridgehead atoms. The zero-order valence-corrected chi connectivity index (χ0v) is 13.3.